The Balaban J connectivity index is 0. The van der Waals surface area contributed by atoms with Gasteiger partial charge >= 0.3 is 0 Å². The van der Waals surface area contributed by atoms with Gasteiger partial charge in [-0.05, 0) is 25.3 Å². The molecule has 0 bridgehead atoms. The molecule has 0 N–H and O–H groups in total. The van der Waals surface area contributed by atoms with Crippen LogP contribution in [0.3, 0.4) is 0 Å². The molecule has 0 aliphatic carbocycles. The van der Waals surface area contributed by atoms with Crippen LogP contribution in [0.1, 0.15) is 309 Å². The Morgan fingerprint density at radius 3 is 0.793 bits per heavy atom. The number of likely N-dealkylation sites (N-methyl/N-ethyl adjacent to an activating group) is 1. The lowest BCUT2D eigenvalue weighted by Crippen LogP contribution is -3.00. The van der Waals surface area contributed by atoms with E-state index in [1.807, 2.05) is 6.08 Å². The van der Waals surface area contributed by atoms with E-state index in [2.05, 4.69) is 27.5 Å². The van der Waals surface area contributed by atoms with Gasteiger partial charge in [0.05, 0.1) is 20.1 Å². The average Bonchev–Trinajstić information content (AvgIpc) is 3.20. The minimum Gasteiger partial charge on any atom is -1.00 e. The molecule has 0 amide bonds. The molecule has 0 aromatic rings. The standard InChI is InChI=1S/C55H110NO.ClH/c1-5-8-10-12-14-16-18-20-22-23-24-25-26-27-28-29-30-31-32-33-34-35-36-38-40-42-44-46-48-50-53-56(4,52-7-3)54-55(57)51-49-47-45-43-41-39-37-21-19-17-15-13-11-9-6-2;/h7H,3,5-6,8-54H2,1-2,4H3;1H/q+1;/p-1. The molecular formula is C55H110ClNO. The molecule has 0 aromatic heterocycles. The molecular weight excluding hydrogens is 726 g/mol. The maximum atomic E-state index is 12.9. The third-order valence-corrected chi connectivity index (χ3v) is 13.2. The first-order valence-electron chi connectivity index (χ1n) is 27.0. The highest BCUT2D eigenvalue weighted by Gasteiger charge is 2.23. The lowest BCUT2D eigenvalue weighted by molar-refractivity contribution is -0.896. The molecule has 58 heavy (non-hydrogen) atoms. The Labute approximate surface area is 374 Å². The van der Waals surface area contributed by atoms with Crippen molar-refractivity contribution >= 4 is 5.78 Å². The van der Waals surface area contributed by atoms with Gasteiger partial charge in [-0.3, -0.25) is 4.79 Å². The molecule has 3 heteroatoms. The molecule has 0 radical (unpaired) electrons. The fraction of sp³-hybridized carbons (Fsp3) is 0.945. The van der Waals surface area contributed by atoms with E-state index in [1.165, 1.54) is 283 Å². The predicted molar refractivity (Wildman–Crippen MR) is 260 cm³/mol. The second-order valence-corrected chi connectivity index (χ2v) is 19.5. The van der Waals surface area contributed by atoms with Gasteiger partial charge in [-0.2, -0.15) is 0 Å². The normalized spacial score (nSPS) is 12.5. The molecule has 0 heterocycles. The van der Waals surface area contributed by atoms with Crippen molar-refractivity contribution in [3.8, 4) is 0 Å². The van der Waals surface area contributed by atoms with Crippen LogP contribution in [0.25, 0.3) is 0 Å². The van der Waals surface area contributed by atoms with E-state index in [9.17, 15) is 4.79 Å². The number of carbonyl (C=O) groups excluding carboxylic acids is 1. The monoisotopic (exact) mass is 836 g/mol. The Bertz CT molecular complexity index is 784. The fourth-order valence-electron chi connectivity index (χ4n) is 9.26. The van der Waals surface area contributed by atoms with Crippen LogP contribution >= 0.6 is 0 Å². The zero-order chi connectivity index (χ0) is 41.4. The smallest absolute Gasteiger partial charge is 0.186 e. The van der Waals surface area contributed by atoms with Gasteiger partial charge in [-0.15, -0.1) is 0 Å². The van der Waals surface area contributed by atoms with Crippen LogP contribution in [0.5, 0.6) is 0 Å². The van der Waals surface area contributed by atoms with Crippen molar-refractivity contribution in [2.24, 2.45) is 0 Å². The molecule has 0 aromatic carbocycles. The molecule has 2 nitrogen and oxygen atoms in total. The van der Waals surface area contributed by atoms with Crippen molar-refractivity contribution in [2.45, 2.75) is 309 Å². The highest BCUT2D eigenvalue weighted by atomic mass is 35.5. The summed E-state index contributed by atoms with van der Waals surface area (Å²) in [6.45, 7) is 11.4. The predicted octanol–water partition coefficient (Wildman–Crippen LogP) is 16.2. The maximum absolute atomic E-state index is 12.9. The number of unbranched alkanes of at least 4 members (excludes halogenated alkanes) is 43. The van der Waals surface area contributed by atoms with Crippen LogP contribution in [0, 0.1) is 0 Å². The zero-order valence-electron chi connectivity index (χ0n) is 40.7. The van der Waals surface area contributed by atoms with Crippen LogP contribution in [-0.4, -0.2) is 36.9 Å². The number of rotatable bonds is 51. The second kappa shape index (κ2) is 51.0. The maximum Gasteiger partial charge on any atom is 0.186 e. The van der Waals surface area contributed by atoms with Gasteiger partial charge in [0.25, 0.3) is 0 Å². The van der Waals surface area contributed by atoms with Gasteiger partial charge in [0.2, 0.25) is 0 Å². The number of quaternary nitrogens is 1. The van der Waals surface area contributed by atoms with Crippen LogP contribution in [-0.2, 0) is 4.79 Å². The van der Waals surface area contributed by atoms with Crippen molar-refractivity contribution < 1.29 is 21.7 Å². The first-order valence-corrected chi connectivity index (χ1v) is 27.0. The summed E-state index contributed by atoms with van der Waals surface area (Å²) in [6, 6.07) is 0. The van der Waals surface area contributed by atoms with Gasteiger partial charge in [0, 0.05) is 6.42 Å². The molecule has 0 spiro atoms. The molecule has 0 saturated carbocycles. The van der Waals surface area contributed by atoms with Crippen LogP contribution in [0.15, 0.2) is 12.7 Å². The topological polar surface area (TPSA) is 17.1 Å². The summed E-state index contributed by atoms with van der Waals surface area (Å²) in [4.78, 5) is 12.9. The summed E-state index contributed by atoms with van der Waals surface area (Å²) in [5, 5.41) is 0. The zero-order valence-corrected chi connectivity index (χ0v) is 41.4. The molecule has 0 aliphatic heterocycles. The lowest BCUT2D eigenvalue weighted by Gasteiger charge is -2.33. The number of hydrogen-bond acceptors (Lipinski definition) is 1. The van der Waals surface area contributed by atoms with E-state index < -0.39 is 0 Å². The number of Topliss-reactive ketones (excluding diaryl/α,β-unsaturated/α-hetero) is 1. The second-order valence-electron chi connectivity index (χ2n) is 19.5. The summed E-state index contributed by atoms with van der Waals surface area (Å²) < 4.78 is 0.862. The van der Waals surface area contributed by atoms with Crippen molar-refractivity contribution in [3.63, 3.8) is 0 Å². The summed E-state index contributed by atoms with van der Waals surface area (Å²) in [5.74, 6) is 0.472. The van der Waals surface area contributed by atoms with E-state index in [0.717, 1.165) is 30.4 Å². The molecule has 0 aliphatic rings. The fourth-order valence-corrected chi connectivity index (χ4v) is 9.26. The first kappa shape index (κ1) is 59.8. The van der Waals surface area contributed by atoms with Gasteiger partial charge in [0.15, 0.2) is 5.78 Å². The highest BCUT2D eigenvalue weighted by molar-refractivity contribution is 5.79. The third kappa shape index (κ3) is 48.3. The Kier molecular flexibility index (Phi) is 52.6. The van der Waals surface area contributed by atoms with Crippen molar-refractivity contribution in [1.29, 1.82) is 0 Å². The summed E-state index contributed by atoms with van der Waals surface area (Å²) in [7, 11) is 2.29. The van der Waals surface area contributed by atoms with Gasteiger partial charge in [-0.25, -0.2) is 0 Å². The van der Waals surface area contributed by atoms with E-state index >= 15 is 0 Å². The minimum absolute atomic E-state index is 0. The number of hydrogen-bond donors (Lipinski definition) is 0. The minimum atomic E-state index is 0. The Morgan fingerprint density at radius 2 is 0.569 bits per heavy atom. The van der Waals surface area contributed by atoms with Crippen LogP contribution in [0.4, 0.5) is 0 Å². The van der Waals surface area contributed by atoms with Crippen molar-refractivity contribution in [2.75, 3.05) is 26.7 Å². The quantitative estimate of drug-likeness (QED) is 0.0339. The van der Waals surface area contributed by atoms with Crippen molar-refractivity contribution in [1.82, 2.24) is 0 Å². The van der Waals surface area contributed by atoms with Gasteiger partial charge in [0.1, 0.15) is 6.54 Å². The molecule has 1 atom stereocenters. The molecule has 0 saturated heterocycles. The number of nitrogens with zero attached hydrogens (tertiary/aromatic N) is 1. The van der Waals surface area contributed by atoms with E-state index in [-0.39, 0.29) is 12.4 Å². The first-order chi connectivity index (χ1) is 28.1. The number of ketones is 1. The van der Waals surface area contributed by atoms with Crippen LogP contribution in [0.2, 0.25) is 0 Å². The summed E-state index contributed by atoms with van der Waals surface area (Å²) >= 11 is 0. The van der Waals surface area contributed by atoms with E-state index in [0.29, 0.717) is 12.3 Å². The Morgan fingerprint density at radius 1 is 0.362 bits per heavy atom. The van der Waals surface area contributed by atoms with E-state index in [4.69, 9.17) is 0 Å². The lowest BCUT2D eigenvalue weighted by atomic mass is 10.0. The number of carbonyl (C=O) groups is 1. The average molecular weight is 837 g/mol. The number of halogens is 1. The van der Waals surface area contributed by atoms with E-state index in [1.54, 1.807) is 0 Å². The SMILES string of the molecule is C=CC[N+](C)(CCCCCCCCCCCCCCCCCCCCCCCCCCCCCCCC)CC(=O)CCCCCCCCCCCCCCCCC.[Cl-]. The third-order valence-electron chi connectivity index (χ3n) is 13.2. The van der Waals surface area contributed by atoms with Crippen molar-refractivity contribution in [3.05, 3.63) is 12.7 Å². The Hall–Kier alpha value is -0.340. The summed E-state index contributed by atoms with van der Waals surface area (Å²) in [5.41, 5.74) is 0. The molecule has 0 fully saturated rings. The molecule has 348 valence electrons. The van der Waals surface area contributed by atoms with Gasteiger partial charge in [-0.1, -0.05) is 290 Å². The molecule has 0 rings (SSSR count). The van der Waals surface area contributed by atoms with Gasteiger partial charge < -0.3 is 16.9 Å². The summed E-state index contributed by atoms with van der Waals surface area (Å²) in [6.07, 6.45) is 66.8. The molecule has 1 unspecified atom stereocenters. The highest BCUT2D eigenvalue weighted by Crippen LogP contribution is 2.18. The largest absolute Gasteiger partial charge is 1.00 e. The van der Waals surface area contributed by atoms with Crippen LogP contribution < -0.4 is 12.4 Å².